The quantitative estimate of drug-likeness (QED) is 0.705. The number of hydrogen-bond donors (Lipinski definition) is 1. The highest BCUT2D eigenvalue weighted by atomic mass is 19.4. The first-order valence-corrected chi connectivity index (χ1v) is 4.63. The molecular formula is C8H11F3N2O3. The van der Waals surface area contributed by atoms with E-state index in [0.29, 0.717) is 13.1 Å². The molecule has 0 aromatic heterocycles. The first-order chi connectivity index (χ1) is 7.32. The van der Waals surface area contributed by atoms with Gasteiger partial charge in [0.05, 0.1) is 0 Å². The molecule has 1 rings (SSSR count). The Hall–Kier alpha value is -1.31. The maximum absolute atomic E-state index is 11.9. The first-order valence-electron chi connectivity index (χ1n) is 4.63. The number of rotatable bonds is 3. The van der Waals surface area contributed by atoms with Crippen LogP contribution in [0.3, 0.4) is 0 Å². The van der Waals surface area contributed by atoms with E-state index in [1.54, 1.807) is 0 Å². The van der Waals surface area contributed by atoms with Crippen LogP contribution in [0.4, 0.5) is 13.2 Å². The number of carbonyl (C=O) groups is 2. The van der Waals surface area contributed by atoms with Crippen LogP contribution in [0, 0.1) is 0 Å². The maximum atomic E-state index is 11.9. The number of nitrogens with two attached hydrogens (primary N) is 1. The van der Waals surface area contributed by atoms with Gasteiger partial charge in [0.2, 0.25) is 6.23 Å². The Morgan fingerprint density at radius 1 is 1.25 bits per heavy atom. The van der Waals surface area contributed by atoms with Crippen LogP contribution in [0.1, 0.15) is 12.8 Å². The summed E-state index contributed by atoms with van der Waals surface area (Å²) < 4.78 is 39.8. The minimum atomic E-state index is -5.12. The Morgan fingerprint density at radius 2 is 1.75 bits per heavy atom. The van der Waals surface area contributed by atoms with E-state index in [2.05, 4.69) is 4.74 Å². The Morgan fingerprint density at radius 3 is 2.12 bits per heavy atom. The van der Waals surface area contributed by atoms with Gasteiger partial charge in [-0.25, -0.2) is 4.79 Å². The Kier molecular flexibility index (Phi) is 3.74. The molecule has 1 unspecified atom stereocenters. The van der Waals surface area contributed by atoms with Crippen molar-refractivity contribution in [1.29, 1.82) is 0 Å². The van der Waals surface area contributed by atoms with E-state index in [1.807, 2.05) is 0 Å². The lowest BCUT2D eigenvalue weighted by Crippen LogP contribution is -2.48. The molecule has 1 aliphatic heterocycles. The average molecular weight is 240 g/mol. The molecule has 1 fully saturated rings. The molecular weight excluding hydrogens is 229 g/mol. The van der Waals surface area contributed by atoms with Crippen LogP contribution >= 0.6 is 0 Å². The van der Waals surface area contributed by atoms with Crippen LogP contribution in [0.2, 0.25) is 0 Å². The number of likely N-dealkylation sites (tertiary alicyclic amines) is 1. The van der Waals surface area contributed by atoms with E-state index >= 15 is 0 Å². The molecule has 8 heteroatoms. The van der Waals surface area contributed by atoms with E-state index < -0.39 is 24.3 Å². The molecule has 2 N–H and O–H groups in total. The largest absolute Gasteiger partial charge is 0.490 e. The minimum Gasteiger partial charge on any atom is -0.430 e. The van der Waals surface area contributed by atoms with E-state index in [4.69, 9.17) is 5.73 Å². The van der Waals surface area contributed by atoms with E-state index in [-0.39, 0.29) is 0 Å². The second kappa shape index (κ2) is 4.69. The monoisotopic (exact) mass is 240 g/mol. The fourth-order valence-electron chi connectivity index (χ4n) is 1.46. The SMILES string of the molecule is NC(=O)C(OC(=O)C(F)(F)F)N1CCCC1. The molecule has 1 atom stereocenters. The number of alkyl halides is 3. The summed E-state index contributed by atoms with van der Waals surface area (Å²) in [4.78, 5) is 22.8. The van der Waals surface area contributed by atoms with Crippen molar-refractivity contribution in [1.82, 2.24) is 4.90 Å². The summed E-state index contributed by atoms with van der Waals surface area (Å²) >= 11 is 0. The molecule has 1 aliphatic rings. The molecule has 1 heterocycles. The molecule has 0 spiro atoms. The lowest BCUT2D eigenvalue weighted by Gasteiger charge is -2.24. The summed E-state index contributed by atoms with van der Waals surface area (Å²) in [6.45, 7) is 0.775. The van der Waals surface area contributed by atoms with Crippen molar-refractivity contribution in [2.75, 3.05) is 13.1 Å². The zero-order chi connectivity index (χ0) is 12.3. The van der Waals surface area contributed by atoms with Crippen LogP contribution in [-0.4, -0.2) is 42.3 Å². The standard InChI is InChI=1S/C8H11F3N2O3/c9-8(10,11)7(15)16-6(5(12)14)13-3-1-2-4-13/h6H,1-4H2,(H2,12,14). The number of ether oxygens (including phenoxy) is 1. The van der Waals surface area contributed by atoms with Crippen LogP contribution in [-0.2, 0) is 14.3 Å². The van der Waals surface area contributed by atoms with Crippen molar-refractivity contribution in [3.8, 4) is 0 Å². The molecule has 0 radical (unpaired) electrons. The van der Waals surface area contributed by atoms with E-state index in [0.717, 1.165) is 12.8 Å². The highest BCUT2D eigenvalue weighted by molar-refractivity contribution is 5.83. The van der Waals surface area contributed by atoms with Gasteiger partial charge in [-0.05, 0) is 12.8 Å². The summed E-state index contributed by atoms with van der Waals surface area (Å²) in [5.74, 6) is -3.50. The van der Waals surface area contributed by atoms with Crippen molar-refractivity contribution in [3.05, 3.63) is 0 Å². The molecule has 92 valence electrons. The highest BCUT2D eigenvalue weighted by Gasteiger charge is 2.44. The third kappa shape index (κ3) is 3.09. The van der Waals surface area contributed by atoms with Gasteiger partial charge in [0.1, 0.15) is 0 Å². The number of carbonyl (C=O) groups excluding carboxylic acids is 2. The van der Waals surface area contributed by atoms with Crippen molar-refractivity contribution in [2.24, 2.45) is 5.73 Å². The molecule has 0 bridgehead atoms. The number of primary amides is 1. The van der Waals surface area contributed by atoms with Gasteiger partial charge in [0, 0.05) is 13.1 Å². The highest BCUT2D eigenvalue weighted by Crippen LogP contribution is 2.20. The second-order valence-electron chi connectivity index (χ2n) is 3.40. The minimum absolute atomic E-state index is 0.388. The first kappa shape index (κ1) is 12.8. The van der Waals surface area contributed by atoms with Gasteiger partial charge < -0.3 is 10.5 Å². The summed E-state index contributed by atoms with van der Waals surface area (Å²) in [7, 11) is 0. The van der Waals surface area contributed by atoms with Crippen LogP contribution in [0.15, 0.2) is 0 Å². The second-order valence-corrected chi connectivity index (χ2v) is 3.40. The molecule has 0 aliphatic carbocycles. The van der Waals surface area contributed by atoms with Crippen molar-refractivity contribution in [2.45, 2.75) is 25.2 Å². The molecule has 1 amide bonds. The molecule has 16 heavy (non-hydrogen) atoms. The predicted octanol–water partition coefficient (Wildman–Crippen LogP) is -0.000900. The molecule has 0 aromatic carbocycles. The van der Waals surface area contributed by atoms with Gasteiger partial charge >= 0.3 is 12.1 Å². The average Bonchev–Trinajstić information content (AvgIpc) is 2.63. The van der Waals surface area contributed by atoms with Crippen molar-refractivity contribution >= 4 is 11.9 Å². The number of hydrogen-bond acceptors (Lipinski definition) is 4. The summed E-state index contributed by atoms with van der Waals surface area (Å²) in [6.07, 6.45) is -5.29. The Balaban J connectivity index is 2.65. The molecule has 5 nitrogen and oxygen atoms in total. The predicted molar refractivity (Wildman–Crippen MR) is 45.9 cm³/mol. The van der Waals surface area contributed by atoms with Gasteiger partial charge in [-0.3, -0.25) is 9.69 Å². The zero-order valence-corrected chi connectivity index (χ0v) is 8.29. The normalized spacial score (nSPS) is 19.4. The topological polar surface area (TPSA) is 72.6 Å². The van der Waals surface area contributed by atoms with Crippen molar-refractivity contribution in [3.63, 3.8) is 0 Å². The van der Waals surface area contributed by atoms with Gasteiger partial charge in [-0.2, -0.15) is 13.2 Å². The third-order valence-corrected chi connectivity index (χ3v) is 2.17. The van der Waals surface area contributed by atoms with Crippen molar-refractivity contribution < 1.29 is 27.5 Å². The maximum Gasteiger partial charge on any atom is 0.490 e. The lowest BCUT2D eigenvalue weighted by atomic mass is 10.4. The van der Waals surface area contributed by atoms with Crippen LogP contribution in [0.25, 0.3) is 0 Å². The number of esters is 1. The smallest absolute Gasteiger partial charge is 0.430 e. The fraction of sp³-hybridized carbons (Fsp3) is 0.750. The lowest BCUT2D eigenvalue weighted by molar-refractivity contribution is -0.212. The summed E-state index contributed by atoms with van der Waals surface area (Å²) in [5, 5.41) is 0. The van der Waals surface area contributed by atoms with Crippen LogP contribution < -0.4 is 5.73 Å². The summed E-state index contributed by atoms with van der Waals surface area (Å²) in [5.41, 5.74) is 4.88. The summed E-state index contributed by atoms with van der Waals surface area (Å²) in [6, 6.07) is 0. The zero-order valence-electron chi connectivity index (χ0n) is 8.29. The molecule has 0 saturated carbocycles. The van der Waals surface area contributed by atoms with E-state index in [9.17, 15) is 22.8 Å². The fourth-order valence-corrected chi connectivity index (χ4v) is 1.46. The van der Waals surface area contributed by atoms with Gasteiger partial charge in [0.25, 0.3) is 5.91 Å². The molecule has 0 aromatic rings. The number of nitrogens with zero attached hydrogens (tertiary/aromatic N) is 1. The molecule has 1 saturated heterocycles. The number of halogens is 3. The number of amides is 1. The van der Waals surface area contributed by atoms with E-state index in [1.165, 1.54) is 4.90 Å². The Bertz CT molecular complexity index is 287. The third-order valence-electron chi connectivity index (χ3n) is 2.17. The van der Waals surface area contributed by atoms with Crippen LogP contribution in [0.5, 0.6) is 0 Å². The van der Waals surface area contributed by atoms with Gasteiger partial charge in [-0.15, -0.1) is 0 Å². The van der Waals surface area contributed by atoms with Gasteiger partial charge in [-0.1, -0.05) is 0 Å². The Labute approximate surface area is 89.3 Å². The van der Waals surface area contributed by atoms with Gasteiger partial charge in [0.15, 0.2) is 0 Å².